The molecule has 0 bridgehead atoms. The van der Waals surface area contributed by atoms with Crippen LogP contribution < -0.4 is 10.2 Å². The number of carbonyl (C=O) groups excluding carboxylic acids is 1. The van der Waals surface area contributed by atoms with Gasteiger partial charge in [0.1, 0.15) is 5.60 Å². The maximum absolute atomic E-state index is 11.7. The highest BCUT2D eigenvalue weighted by molar-refractivity contribution is 5.68. The average molecular weight is 265 g/mol. The molecule has 0 saturated carbocycles. The van der Waals surface area contributed by atoms with Gasteiger partial charge in [0.15, 0.2) is 0 Å². The van der Waals surface area contributed by atoms with Gasteiger partial charge in [-0.3, -0.25) is 0 Å². The molecule has 19 heavy (non-hydrogen) atoms. The largest absolute Gasteiger partial charge is 0.444 e. The van der Waals surface area contributed by atoms with Crippen LogP contribution in [0.1, 0.15) is 27.2 Å². The fourth-order valence-electron chi connectivity index (χ4n) is 1.92. The van der Waals surface area contributed by atoms with Gasteiger partial charge in [0.25, 0.3) is 0 Å². The van der Waals surface area contributed by atoms with Crippen molar-refractivity contribution in [1.29, 1.82) is 0 Å². The highest BCUT2D eigenvalue weighted by Crippen LogP contribution is 2.15. The second-order valence-corrected chi connectivity index (χ2v) is 5.52. The molecule has 2 rings (SSSR count). The molecule has 1 aliphatic heterocycles. The number of anilines is 1. The van der Waals surface area contributed by atoms with Crippen LogP contribution in [0.2, 0.25) is 0 Å². The summed E-state index contributed by atoms with van der Waals surface area (Å²) in [5.41, 5.74) is -0.477. The van der Waals surface area contributed by atoms with E-state index in [0.29, 0.717) is 12.5 Å². The Morgan fingerprint density at radius 3 is 2.89 bits per heavy atom. The SMILES string of the molecule is CC(C)(C)OC(=O)NC1CCN(c2nccnn2)C1. The number of aromatic nitrogens is 3. The molecule has 0 aromatic carbocycles. The van der Waals surface area contributed by atoms with E-state index in [4.69, 9.17) is 4.74 Å². The minimum Gasteiger partial charge on any atom is -0.444 e. The summed E-state index contributed by atoms with van der Waals surface area (Å²) in [6.45, 7) is 7.00. The Labute approximate surface area is 112 Å². The van der Waals surface area contributed by atoms with Crippen LogP contribution >= 0.6 is 0 Å². The lowest BCUT2D eigenvalue weighted by atomic mass is 10.2. The van der Waals surface area contributed by atoms with Gasteiger partial charge in [-0.05, 0) is 27.2 Å². The van der Waals surface area contributed by atoms with Gasteiger partial charge in [-0.1, -0.05) is 0 Å². The molecule has 1 saturated heterocycles. The van der Waals surface area contributed by atoms with E-state index in [0.717, 1.165) is 13.0 Å². The summed E-state index contributed by atoms with van der Waals surface area (Å²) in [6, 6.07) is 0.0543. The van der Waals surface area contributed by atoms with Crippen LogP contribution in [0.4, 0.5) is 10.7 Å². The van der Waals surface area contributed by atoms with Crippen LogP contribution in [0.15, 0.2) is 12.4 Å². The summed E-state index contributed by atoms with van der Waals surface area (Å²) in [4.78, 5) is 17.8. The van der Waals surface area contributed by atoms with Crippen LogP contribution in [0.5, 0.6) is 0 Å². The maximum atomic E-state index is 11.7. The second kappa shape index (κ2) is 5.38. The lowest BCUT2D eigenvalue weighted by Crippen LogP contribution is -2.40. The molecule has 1 N–H and O–H groups in total. The average Bonchev–Trinajstić information content (AvgIpc) is 2.76. The lowest BCUT2D eigenvalue weighted by Gasteiger charge is -2.21. The fourth-order valence-corrected chi connectivity index (χ4v) is 1.92. The maximum Gasteiger partial charge on any atom is 0.407 e. The van der Waals surface area contributed by atoms with Gasteiger partial charge in [0.2, 0.25) is 5.95 Å². The first-order chi connectivity index (χ1) is 8.94. The molecule has 1 amide bonds. The van der Waals surface area contributed by atoms with E-state index < -0.39 is 5.60 Å². The highest BCUT2D eigenvalue weighted by Gasteiger charge is 2.27. The van der Waals surface area contributed by atoms with Gasteiger partial charge < -0.3 is 15.0 Å². The van der Waals surface area contributed by atoms with Crippen molar-refractivity contribution in [2.45, 2.75) is 38.8 Å². The molecule has 0 radical (unpaired) electrons. The number of hydrogen-bond donors (Lipinski definition) is 1. The number of rotatable bonds is 2. The van der Waals surface area contributed by atoms with Gasteiger partial charge in [-0.25, -0.2) is 9.78 Å². The zero-order valence-electron chi connectivity index (χ0n) is 11.5. The van der Waals surface area contributed by atoms with Gasteiger partial charge >= 0.3 is 6.09 Å². The first-order valence-corrected chi connectivity index (χ1v) is 6.32. The predicted molar refractivity (Wildman–Crippen MR) is 69.8 cm³/mol. The summed E-state index contributed by atoms with van der Waals surface area (Å²) in [7, 11) is 0. The Balaban J connectivity index is 1.84. The van der Waals surface area contributed by atoms with E-state index in [1.54, 1.807) is 6.20 Å². The van der Waals surface area contributed by atoms with Crippen molar-refractivity contribution in [2.24, 2.45) is 0 Å². The molecule has 0 spiro atoms. The Bertz CT molecular complexity index is 431. The van der Waals surface area contributed by atoms with Crippen LogP contribution in [-0.4, -0.2) is 46.0 Å². The van der Waals surface area contributed by atoms with E-state index in [1.165, 1.54) is 6.20 Å². The predicted octanol–water partition coefficient (Wildman–Crippen LogP) is 0.975. The number of carbonyl (C=O) groups is 1. The first kappa shape index (κ1) is 13.5. The topological polar surface area (TPSA) is 80.2 Å². The van der Waals surface area contributed by atoms with E-state index in [1.807, 2.05) is 25.7 Å². The van der Waals surface area contributed by atoms with Crippen molar-refractivity contribution < 1.29 is 9.53 Å². The third kappa shape index (κ3) is 4.04. The van der Waals surface area contributed by atoms with Crippen LogP contribution in [0.25, 0.3) is 0 Å². The number of nitrogens with zero attached hydrogens (tertiary/aromatic N) is 4. The summed E-state index contributed by atoms with van der Waals surface area (Å²) < 4.78 is 5.23. The molecule has 1 aromatic rings. The molecule has 1 aliphatic rings. The molecule has 2 heterocycles. The molecule has 1 aromatic heterocycles. The normalized spacial score (nSPS) is 19.3. The third-order valence-corrected chi connectivity index (χ3v) is 2.66. The molecule has 7 heteroatoms. The Morgan fingerprint density at radius 1 is 1.47 bits per heavy atom. The van der Waals surface area contributed by atoms with Crippen molar-refractivity contribution in [3.8, 4) is 0 Å². The summed E-state index contributed by atoms with van der Waals surface area (Å²) in [5.74, 6) is 0.594. The molecular formula is C12H19N5O2. The Morgan fingerprint density at radius 2 is 2.26 bits per heavy atom. The van der Waals surface area contributed by atoms with E-state index in [9.17, 15) is 4.79 Å². The second-order valence-electron chi connectivity index (χ2n) is 5.52. The molecule has 0 aliphatic carbocycles. The summed E-state index contributed by atoms with van der Waals surface area (Å²) in [5, 5.41) is 10.6. The quantitative estimate of drug-likeness (QED) is 0.858. The Hall–Kier alpha value is -1.92. The van der Waals surface area contributed by atoms with E-state index in [2.05, 4.69) is 20.5 Å². The zero-order valence-corrected chi connectivity index (χ0v) is 11.5. The number of ether oxygens (including phenoxy) is 1. The third-order valence-electron chi connectivity index (χ3n) is 2.66. The van der Waals surface area contributed by atoms with Crippen molar-refractivity contribution in [3.05, 3.63) is 12.4 Å². The van der Waals surface area contributed by atoms with Gasteiger partial charge in [-0.2, -0.15) is 5.10 Å². The minimum atomic E-state index is -0.477. The van der Waals surface area contributed by atoms with Crippen LogP contribution in [0, 0.1) is 0 Å². The van der Waals surface area contributed by atoms with Gasteiger partial charge in [0.05, 0.1) is 18.4 Å². The highest BCUT2D eigenvalue weighted by atomic mass is 16.6. The van der Waals surface area contributed by atoms with E-state index >= 15 is 0 Å². The molecule has 104 valence electrons. The lowest BCUT2D eigenvalue weighted by molar-refractivity contribution is 0.0509. The van der Waals surface area contributed by atoms with Crippen LogP contribution in [-0.2, 0) is 4.74 Å². The molecular weight excluding hydrogens is 246 g/mol. The van der Waals surface area contributed by atoms with Crippen molar-refractivity contribution in [2.75, 3.05) is 18.0 Å². The van der Waals surface area contributed by atoms with E-state index in [-0.39, 0.29) is 12.1 Å². The monoisotopic (exact) mass is 265 g/mol. The molecule has 1 fully saturated rings. The standard InChI is InChI=1S/C12H19N5O2/c1-12(2,3)19-11(18)15-9-4-7-17(8-9)10-13-5-6-14-16-10/h5-6,9H,4,7-8H2,1-3H3,(H,15,18). The van der Waals surface area contributed by atoms with Crippen molar-refractivity contribution in [1.82, 2.24) is 20.5 Å². The van der Waals surface area contributed by atoms with Gasteiger partial charge in [0, 0.05) is 13.1 Å². The fraction of sp³-hybridized carbons (Fsp3) is 0.667. The number of nitrogens with one attached hydrogen (secondary N) is 1. The summed E-state index contributed by atoms with van der Waals surface area (Å²) in [6.07, 6.45) is 3.61. The number of amides is 1. The van der Waals surface area contributed by atoms with Crippen LogP contribution in [0.3, 0.4) is 0 Å². The first-order valence-electron chi connectivity index (χ1n) is 6.32. The zero-order chi connectivity index (χ0) is 13.9. The number of hydrogen-bond acceptors (Lipinski definition) is 6. The summed E-state index contributed by atoms with van der Waals surface area (Å²) >= 11 is 0. The van der Waals surface area contributed by atoms with Gasteiger partial charge in [-0.15, -0.1) is 5.10 Å². The smallest absolute Gasteiger partial charge is 0.407 e. The number of alkyl carbamates (subject to hydrolysis) is 1. The van der Waals surface area contributed by atoms with Crippen molar-refractivity contribution >= 4 is 12.0 Å². The van der Waals surface area contributed by atoms with Crippen molar-refractivity contribution in [3.63, 3.8) is 0 Å². The molecule has 7 nitrogen and oxygen atoms in total. The molecule has 1 atom stereocenters. The Kier molecular flexibility index (Phi) is 3.82. The molecule has 1 unspecified atom stereocenters. The minimum absolute atomic E-state index is 0.0543.